The summed E-state index contributed by atoms with van der Waals surface area (Å²) in [6, 6.07) is 4.97. The van der Waals surface area contributed by atoms with Gasteiger partial charge in [-0.05, 0) is 32.0 Å². The fourth-order valence-corrected chi connectivity index (χ4v) is 1.06. The summed E-state index contributed by atoms with van der Waals surface area (Å²) in [5.41, 5.74) is 12.6. The molecule has 0 heterocycles. The number of nitrogen functional groups attached to an aromatic ring is 2. The highest BCUT2D eigenvalue weighted by Crippen LogP contribution is 2.15. The number of nitrogens with two attached hydrogens (primary N) is 2. The van der Waals surface area contributed by atoms with Crippen molar-refractivity contribution < 1.29 is 4.79 Å². The van der Waals surface area contributed by atoms with Crippen molar-refractivity contribution in [3.8, 4) is 0 Å². The standard InChI is InChI=1S/C10H15N3O/c1-6(2)13-10(14)7-3-4-8(11)9(12)5-7/h3-6H,11-12H2,1-2H3,(H,13,14). The van der Waals surface area contributed by atoms with Crippen molar-refractivity contribution in [1.29, 1.82) is 0 Å². The molecule has 4 heteroatoms. The van der Waals surface area contributed by atoms with E-state index in [2.05, 4.69) is 5.32 Å². The first-order chi connectivity index (χ1) is 6.50. The van der Waals surface area contributed by atoms with Crippen molar-refractivity contribution in [3.05, 3.63) is 23.8 Å². The fraction of sp³-hybridized carbons (Fsp3) is 0.300. The van der Waals surface area contributed by atoms with Gasteiger partial charge in [-0.15, -0.1) is 0 Å². The summed E-state index contributed by atoms with van der Waals surface area (Å²) in [5.74, 6) is -0.133. The van der Waals surface area contributed by atoms with Crippen molar-refractivity contribution >= 4 is 17.3 Å². The van der Waals surface area contributed by atoms with E-state index in [9.17, 15) is 4.79 Å². The van der Waals surface area contributed by atoms with E-state index in [-0.39, 0.29) is 11.9 Å². The zero-order valence-corrected chi connectivity index (χ0v) is 8.37. The maximum atomic E-state index is 11.5. The average Bonchev–Trinajstić information content (AvgIpc) is 2.08. The van der Waals surface area contributed by atoms with Gasteiger partial charge >= 0.3 is 0 Å². The second kappa shape index (κ2) is 4.00. The molecular weight excluding hydrogens is 178 g/mol. The Morgan fingerprint density at radius 1 is 1.29 bits per heavy atom. The quantitative estimate of drug-likeness (QED) is 0.612. The number of amides is 1. The Kier molecular flexibility index (Phi) is 2.96. The lowest BCUT2D eigenvalue weighted by Crippen LogP contribution is -2.30. The van der Waals surface area contributed by atoms with Crippen LogP contribution in [0.25, 0.3) is 0 Å². The van der Waals surface area contributed by atoms with Gasteiger partial charge in [-0.2, -0.15) is 0 Å². The number of anilines is 2. The van der Waals surface area contributed by atoms with Crippen molar-refractivity contribution in [2.24, 2.45) is 0 Å². The van der Waals surface area contributed by atoms with Gasteiger partial charge < -0.3 is 16.8 Å². The van der Waals surface area contributed by atoms with E-state index in [1.807, 2.05) is 13.8 Å². The molecule has 5 N–H and O–H groups in total. The summed E-state index contributed by atoms with van der Waals surface area (Å²) in [7, 11) is 0. The molecule has 1 amide bonds. The highest BCUT2D eigenvalue weighted by Gasteiger charge is 2.07. The minimum Gasteiger partial charge on any atom is -0.397 e. The maximum Gasteiger partial charge on any atom is 0.251 e. The average molecular weight is 193 g/mol. The van der Waals surface area contributed by atoms with Crippen LogP contribution in [0, 0.1) is 0 Å². The SMILES string of the molecule is CC(C)NC(=O)c1ccc(N)c(N)c1. The molecule has 0 saturated heterocycles. The van der Waals surface area contributed by atoms with E-state index in [4.69, 9.17) is 11.5 Å². The van der Waals surface area contributed by atoms with Crippen molar-refractivity contribution in [2.45, 2.75) is 19.9 Å². The van der Waals surface area contributed by atoms with Crippen molar-refractivity contribution in [1.82, 2.24) is 5.32 Å². The first-order valence-electron chi connectivity index (χ1n) is 4.46. The van der Waals surface area contributed by atoms with Gasteiger partial charge in [0.15, 0.2) is 0 Å². The molecule has 0 aliphatic rings. The minimum atomic E-state index is -0.133. The van der Waals surface area contributed by atoms with Gasteiger partial charge in [-0.25, -0.2) is 0 Å². The van der Waals surface area contributed by atoms with Gasteiger partial charge in [0.2, 0.25) is 0 Å². The molecule has 1 aromatic rings. The highest BCUT2D eigenvalue weighted by atomic mass is 16.1. The number of rotatable bonds is 2. The van der Waals surface area contributed by atoms with Crippen molar-refractivity contribution in [3.63, 3.8) is 0 Å². The van der Waals surface area contributed by atoms with E-state index in [0.717, 1.165) is 0 Å². The molecule has 1 rings (SSSR count). The Bertz CT molecular complexity index is 347. The lowest BCUT2D eigenvalue weighted by atomic mass is 10.1. The second-order valence-corrected chi connectivity index (χ2v) is 3.47. The normalized spacial score (nSPS) is 10.2. The third-order valence-corrected chi connectivity index (χ3v) is 1.77. The molecule has 1 aromatic carbocycles. The topological polar surface area (TPSA) is 81.1 Å². The van der Waals surface area contributed by atoms with Crippen molar-refractivity contribution in [2.75, 3.05) is 11.5 Å². The summed E-state index contributed by atoms with van der Waals surface area (Å²) in [5, 5.41) is 2.77. The van der Waals surface area contributed by atoms with Gasteiger partial charge in [0.25, 0.3) is 5.91 Å². The van der Waals surface area contributed by atoms with Gasteiger partial charge in [0, 0.05) is 11.6 Å². The summed E-state index contributed by atoms with van der Waals surface area (Å²) in [4.78, 5) is 11.5. The summed E-state index contributed by atoms with van der Waals surface area (Å²) in [6.45, 7) is 3.80. The van der Waals surface area contributed by atoms with E-state index >= 15 is 0 Å². The number of nitrogens with one attached hydrogen (secondary N) is 1. The zero-order valence-electron chi connectivity index (χ0n) is 8.37. The molecule has 0 unspecified atom stereocenters. The van der Waals surface area contributed by atoms with E-state index in [1.165, 1.54) is 0 Å². The predicted octanol–water partition coefficient (Wildman–Crippen LogP) is 0.989. The van der Waals surface area contributed by atoms with E-state index in [1.54, 1.807) is 18.2 Å². The number of benzene rings is 1. The Hall–Kier alpha value is -1.71. The Balaban J connectivity index is 2.86. The first kappa shape index (κ1) is 10.4. The molecule has 0 fully saturated rings. The number of hydrogen-bond donors (Lipinski definition) is 3. The highest BCUT2D eigenvalue weighted by molar-refractivity contribution is 5.96. The zero-order chi connectivity index (χ0) is 10.7. The van der Waals surface area contributed by atoms with Crippen LogP contribution in [0.15, 0.2) is 18.2 Å². The summed E-state index contributed by atoms with van der Waals surface area (Å²) < 4.78 is 0. The molecule has 0 aromatic heterocycles. The maximum absolute atomic E-state index is 11.5. The smallest absolute Gasteiger partial charge is 0.251 e. The van der Waals surface area contributed by atoms with Crippen LogP contribution in [0.2, 0.25) is 0 Å². The van der Waals surface area contributed by atoms with Gasteiger partial charge in [0.1, 0.15) is 0 Å². The molecule has 0 spiro atoms. The van der Waals surface area contributed by atoms with Gasteiger partial charge in [-0.3, -0.25) is 4.79 Å². The largest absolute Gasteiger partial charge is 0.397 e. The van der Waals surface area contributed by atoms with Gasteiger partial charge in [-0.1, -0.05) is 0 Å². The Morgan fingerprint density at radius 3 is 2.43 bits per heavy atom. The van der Waals surface area contributed by atoms with E-state index in [0.29, 0.717) is 16.9 Å². The van der Waals surface area contributed by atoms with Crippen LogP contribution in [0.1, 0.15) is 24.2 Å². The molecular formula is C10H15N3O. The predicted molar refractivity (Wildman–Crippen MR) is 57.9 cm³/mol. The van der Waals surface area contributed by atoms with Crippen LogP contribution in [0.5, 0.6) is 0 Å². The Labute approximate surface area is 83.3 Å². The number of carbonyl (C=O) groups excluding carboxylic acids is 1. The summed E-state index contributed by atoms with van der Waals surface area (Å²) >= 11 is 0. The molecule has 0 bridgehead atoms. The lowest BCUT2D eigenvalue weighted by Gasteiger charge is -2.09. The lowest BCUT2D eigenvalue weighted by molar-refractivity contribution is 0.0943. The monoisotopic (exact) mass is 193 g/mol. The summed E-state index contributed by atoms with van der Waals surface area (Å²) in [6.07, 6.45) is 0. The molecule has 0 atom stereocenters. The molecule has 0 saturated carbocycles. The molecule has 4 nitrogen and oxygen atoms in total. The molecule has 76 valence electrons. The molecule has 0 radical (unpaired) electrons. The van der Waals surface area contributed by atoms with Crippen LogP contribution in [0.4, 0.5) is 11.4 Å². The van der Waals surface area contributed by atoms with Crippen LogP contribution in [-0.4, -0.2) is 11.9 Å². The molecule has 0 aliphatic carbocycles. The molecule has 14 heavy (non-hydrogen) atoms. The molecule has 0 aliphatic heterocycles. The number of carbonyl (C=O) groups is 1. The van der Waals surface area contributed by atoms with E-state index < -0.39 is 0 Å². The fourth-order valence-electron chi connectivity index (χ4n) is 1.06. The van der Waals surface area contributed by atoms with Crippen LogP contribution in [0.3, 0.4) is 0 Å². The third-order valence-electron chi connectivity index (χ3n) is 1.77. The minimum absolute atomic E-state index is 0.112. The first-order valence-corrected chi connectivity index (χ1v) is 4.46. The number of hydrogen-bond acceptors (Lipinski definition) is 3. The van der Waals surface area contributed by atoms with Gasteiger partial charge in [0.05, 0.1) is 11.4 Å². The second-order valence-electron chi connectivity index (χ2n) is 3.47. The third kappa shape index (κ3) is 2.39. The van der Waals surface area contributed by atoms with Crippen LogP contribution in [-0.2, 0) is 0 Å². The Morgan fingerprint density at radius 2 is 1.93 bits per heavy atom. The van der Waals surface area contributed by atoms with Crippen LogP contribution >= 0.6 is 0 Å². The van der Waals surface area contributed by atoms with Crippen LogP contribution < -0.4 is 16.8 Å².